The molecule has 7 nitrogen and oxygen atoms in total. The molecular weight excluding hydrogens is 370 g/mol. The van der Waals surface area contributed by atoms with E-state index in [2.05, 4.69) is 21.4 Å². The van der Waals surface area contributed by atoms with Crippen molar-refractivity contribution in [1.29, 1.82) is 0 Å². The van der Waals surface area contributed by atoms with E-state index in [0.717, 1.165) is 31.8 Å². The van der Waals surface area contributed by atoms with Gasteiger partial charge in [-0.05, 0) is 44.6 Å². The fourth-order valence-electron chi connectivity index (χ4n) is 4.75. The summed E-state index contributed by atoms with van der Waals surface area (Å²) in [5.74, 6) is 2.12. The topological polar surface area (TPSA) is 87.8 Å². The Labute approximate surface area is 171 Å². The summed E-state index contributed by atoms with van der Waals surface area (Å²) >= 11 is 0. The van der Waals surface area contributed by atoms with Crippen molar-refractivity contribution in [2.45, 2.75) is 45.4 Å². The van der Waals surface area contributed by atoms with Crippen LogP contribution < -0.4 is 10.1 Å². The van der Waals surface area contributed by atoms with Gasteiger partial charge in [-0.25, -0.2) is 0 Å². The van der Waals surface area contributed by atoms with Crippen molar-refractivity contribution in [1.82, 2.24) is 15.4 Å². The van der Waals surface area contributed by atoms with E-state index in [9.17, 15) is 9.90 Å². The maximum Gasteiger partial charge on any atom is 0.256 e. The molecule has 0 unspecified atom stereocenters. The molecule has 4 rings (SSSR count). The highest BCUT2D eigenvalue weighted by molar-refractivity contribution is 5.94. The number of aliphatic hydroxyl groups is 1. The Morgan fingerprint density at radius 2 is 2.07 bits per heavy atom. The van der Waals surface area contributed by atoms with Crippen LogP contribution in [0.5, 0.6) is 5.75 Å². The van der Waals surface area contributed by atoms with Crippen LogP contribution in [0, 0.1) is 18.8 Å². The number of rotatable bonds is 6. The predicted octanol–water partition coefficient (Wildman–Crippen LogP) is 2.38. The minimum absolute atomic E-state index is 0.230. The van der Waals surface area contributed by atoms with Gasteiger partial charge in [-0.1, -0.05) is 23.4 Å². The summed E-state index contributed by atoms with van der Waals surface area (Å²) in [7, 11) is 0. The van der Waals surface area contributed by atoms with E-state index < -0.39 is 6.10 Å². The van der Waals surface area contributed by atoms with E-state index in [1.165, 1.54) is 11.8 Å². The van der Waals surface area contributed by atoms with Gasteiger partial charge < -0.3 is 19.7 Å². The van der Waals surface area contributed by atoms with Gasteiger partial charge in [0.05, 0.1) is 24.9 Å². The zero-order valence-electron chi connectivity index (χ0n) is 17.0. The number of ether oxygens (including phenoxy) is 1. The molecule has 2 fully saturated rings. The van der Waals surface area contributed by atoms with Crippen LogP contribution in [0.2, 0.25) is 0 Å². The fourth-order valence-corrected chi connectivity index (χ4v) is 4.75. The highest BCUT2D eigenvalue weighted by atomic mass is 16.5. The Hall–Kier alpha value is -2.38. The molecule has 1 aromatic heterocycles. The molecule has 2 aliphatic rings. The first kappa shape index (κ1) is 19.9. The zero-order valence-corrected chi connectivity index (χ0v) is 17.0. The third kappa shape index (κ3) is 4.31. The highest BCUT2D eigenvalue weighted by Crippen LogP contribution is 2.37. The average molecular weight is 399 g/mol. The number of nitrogens with one attached hydrogen (secondary N) is 1. The van der Waals surface area contributed by atoms with Crippen molar-refractivity contribution >= 4 is 5.91 Å². The minimum Gasteiger partial charge on any atom is -0.494 e. The van der Waals surface area contributed by atoms with E-state index >= 15 is 0 Å². The Morgan fingerprint density at radius 3 is 2.79 bits per heavy atom. The van der Waals surface area contributed by atoms with Gasteiger partial charge in [0.1, 0.15) is 17.1 Å². The van der Waals surface area contributed by atoms with Crippen LogP contribution in [0.15, 0.2) is 35.0 Å². The standard InChI is InChI=1S/C22H29N3O4/c1-3-28-21-7-5-4-6-15(21)11-25-12-16-8-19(20(26)9-17(16)13-25)24-22(27)18-10-23-29-14(18)2/h4-7,10,16-17,19-20,26H,3,8-9,11-13H2,1-2H3,(H,24,27)/t16-,17+,19-,20-/m0/s1. The first-order chi connectivity index (χ1) is 14.0. The van der Waals surface area contributed by atoms with Gasteiger partial charge >= 0.3 is 0 Å². The molecule has 0 radical (unpaired) electrons. The van der Waals surface area contributed by atoms with Crippen LogP contribution >= 0.6 is 0 Å². The van der Waals surface area contributed by atoms with Gasteiger partial charge in [0.2, 0.25) is 0 Å². The molecule has 2 heterocycles. The molecule has 1 saturated heterocycles. The lowest BCUT2D eigenvalue weighted by Crippen LogP contribution is -2.49. The van der Waals surface area contributed by atoms with E-state index in [0.29, 0.717) is 36.2 Å². The Morgan fingerprint density at radius 1 is 1.31 bits per heavy atom. The van der Waals surface area contributed by atoms with Crippen molar-refractivity contribution in [2.75, 3.05) is 19.7 Å². The van der Waals surface area contributed by atoms with E-state index in [-0.39, 0.29) is 11.9 Å². The predicted molar refractivity (Wildman–Crippen MR) is 108 cm³/mol. The molecule has 2 N–H and O–H groups in total. The second kappa shape index (κ2) is 8.55. The second-order valence-electron chi connectivity index (χ2n) is 8.17. The molecule has 2 aromatic rings. The summed E-state index contributed by atoms with van der Waals surface area (Å²) in [6, 6.07) is 7.94. The highest BCUT2D eigenvalue weighted by Gasteiger charge is 2.42. The molecule has 1 aliphatic heterocycles. The van der Waals surface area contributed by atoms with Crippen molar-refractivity contribution in [3.8, 4) is 5.75 Å². The molecule has 29 heavy (non-hydrogen) atoms. The number of nitrogens with zero attached hydrogens (tertiary/aromatic N) is 2. The summed E-state index contributed by atoms with van der Waals surface area (Å²) in [5, 5.41) is 17.3. The molecule has 156 valence electrons. The van der Waals surface area contributed by atoms with Gasteiger partial charge in [-0.2, -0.15) is 0 Å². The Balaban J connectivity index is 1.38. The number of benzene rings is 1. The van der Waals surface area contributed by atoms with Crippen LogP contribution in [0.25, 0.3) is 0 Å². The molecule has 1 aromatic carbocycles. The summed E-state index contributed by atoms with van der Waals surface area (Å²) < 4.78 is 10.7. The summed E-state index contributed by atoms with van der Waals surface area (Å²) in [6.07, 6.45) is 2.39. The van der Waals surface area contributed by atoms with Crippen molar-refractivity contribution in [2.24, 2.45) is 11.8 Å². The lowest BCUT2D eigenvalue weighted by Gasteiger charge is -2.35. The number of carbonyl (C=O) groups is 1. The SMILES string of the molecule is CCOc1ccccc1CN1C[C@H]2C[C@H](O)[C@@H](NC(=O)c3cnoc3C)C[C@H]2C1. The van der Waals surface area contributed by atoms with E-state index in [1.54, 1.807) is 6.92 Å². The number of aliphatic hydroxyl groups excluding tert-OH is 1. The average Bonchev–Trinajstić information content (AvgIpc) is 3.29. The van der Waals surface area contributed by atoms with Crippen LogP contribution in [-0.2, 0) is 6.54 Å². The molecule has 0 bridgehead atoms. The van der Waals surface area contributed by atoms with Crippen molar-refractivity contribution in [3.05, 3.63) is 47.3 Å². The number of aromatic nitrogens is 1. The monoisotopic (exact) mass is 399 g/mol. The Kier molecular flexibility index (Phi) is 5.87. The maximum atomic E-state index is 12.5. The van der Waals surface area contributed by atoms with Crippen LogP contribution in [0.3, 0.4) is 0 Å². The van der Waals surface area contributed by atoms with Crippen LogP contribution in [0.4, 0.5) is 0 Å². The van der Waals surface area contributed by atoms with Crippen molar-refractivity contribution < 1.29 is 19.2 Å². The van der Waals surface area contributed by atoms with Crippen molar-refractivity contribution in [3.63, 3.8) is 0 Å². The number of amides is 1. The van der Waals surface area contributed by atoms with Gasteiger partial charge in [0.25, 0.3) is 5.91 Å². The van der Waals surface area contributed by atoms with Gasteiger partial charge in [0.15, 0.2) is 0 Å². The first-order valence-corrected chi connectivity index (χ1v) is 10.4. The number of aryl methyl sites for hydroxylation is 1. The number of carbonyl (C=O) groups excluding carboxylic acids is 1. The lowest BCUT2D eigenvalue weighted by molar-refractivity contribution is 0.0461. The van der Waals surface area contributed by atoms with Gasteiger partial charge in [-0.3, -0.25) is 9.69 Å². The smallest absolute Gasteiger partial charge is 0.256 e. The van der Waals surface area contributed by atoms with Gasteiger partial charge in [-0.15, -0.1) is 0 Å². The third-order valence-electron chi connectivity index (χ3n) is 6.20. The number of fused-ring (bicyclic) bond motifs is 1. The second-order valence-corrected chi connectivity index (χ2v) is 8.17. The number of likely N-dealkylation sites (tertiary alicyclic amines) is 1. The Bertz CT molecular complexity index is 852. The summed E-state index contributed by atoms with van der Waals surface area (Å²) in [5.41, 5.74) is 1.63. The molecule has 0 spiro atoms. The fraction of sp³-hybridized carbons (Fsp3) is 0.545. The maximum absolute atomic E-state index is 12.5. The largest absolute Gasteiger partial charge is 0.494 e. The van der Waals surface area contributed by atoms with Crippen LogP contribution in [-0.4, -0.2) is 52.9 Å². The molecule has 1 saturated carbocycles. The summed E-state index contributed by atoms with van der Waals surface area (Å²) in [4.78, 5) is 14.9. The molecule has 4 atom stereocenters. The molecule has 1 amide bonds. The van der Waals surface area contributed by atoms with Crippen LogP contribution in [0.1, 0.15) is 41.4 Å². The van der Waals surface area contributed by atoms with E-state index in [4.69, 9.17) is 9.26 Å². The number of para-hydroxylation sites is 1. The molecule has 1 aliphatic carbocycles. The van der Waals surface area contributed by atoms with Gasteiger partial charge in [0, 0.05) is 25.2 Å². The summed E-state index contributed by atoms with van der Waals surface area (Å²) in [6.45, 7) is 7.14. The quantitative estimate of drug-likeness (QED) is 0.776. The molecular formula is C22H29N3O4. The molecule has 7 heteroatoms. The minimum atomic E-state index is -0.531. The van der Waals surface area contributed by atoms with E-state index in [1.807, 2.05) is 25.1 Å². The zero-order chi connectivity index (χ0) is 20.4. The third-order valence-corrected chi connectivity index (χ3v) is 6.20. The number of hydrogen-bond donors (Lipinski definition) is 2. The first-order valence-electron chi connectivity index (χ1n) is 10.4. The lowest BCUT2D eigenvalue weighted by atomic mass is 9.77. The normalized spacial score (nSPS) is 26.9. The number of hydrogen-bond acceptors (Lipinski definition) is 6.